The number of nitrogens with zero attached hydrogens (tertiary/aromatic N) is 3. The van der Waals surface area contributed by atoms with E-state index in [-0.39, 0.29) is 23.7 Å². The summed E-state index contributed by atoms with van der Waals surface area (Å²) in [6, 6.07) is 8.99. The highest BCUT2D eigenvalue weighted by Gasteiger charge is 2.28. The molecule has 2 aliphatic rings. The normalized spacial score (nSPS) is 19.0. The molecule has 0 bridgehead atoms. The van der Waals surface area contributed by atoms with Crippen LogP contribution in [0, 0.1) is 17.2 Å². The molecule has 2 fully saturated rings. The average molecular weight is 423 g/mol. The van der Waals surface area contributed by atoms with Crippen molar-refractivity contribution in [3.63, 3.8) is 0 Å². The predicted molar refractivity (Wildman–Crippen MR) is 115 cm³/mol. The van der Waals surface area contributed by atoms with Gasteiger partial charge in [0.1, 0.15) is 0 Å². The third-order valence-electron chi connectivity index (χ3n) is 6.02. The molecule has 2 amide bonds. The first-order valence-electron chi connectivity index (χ1n) is 10.7. The molecular formula is C23H26N4O2S. The Labute approximate surface area is 180 Å². The van der Waals surface area contributed by atoms with Crippen LogP contribution in [0.5, 0.6) is 0 Å². The molecule has 0 spiro atoms. The molecule has 1 saturated carbocycles. The van der Waals surface area contributed by atoms with Crippen molar-refractivity contribution in [2.45, 2.75) is 44.4 Å². The predicted octanol–water partition coefficient (Wildman–Crippen LogP) is 3.49. The van der Waals surface area contributed by atoms with Crippen molar-refractivity contribution < 1.29 is 9.59 Å². The zero-order valence-electron chi connectivity index (χ0n) is 17.0. The lowest BCUT2D eigenvalue weighted by Gasteiger charge is -2.32. The first-order chi connectivity index (χ1) is 14.6. The molecule has 1 N–H and O–H groups in total. The van der Waals surface area contributed by atoms with Crippen molar-refractivity contribution in [1.82, 2.24) is 15.2 Å². The van der Waals surface area contributed by atoms with E-state index < -0.39 is 0 Å². The maximum Gasteiger partial charge on any atom is 0.253 e. The smallest absolute Gasteiger partial charge is 0.253 e. The van der Waals surface area contributed by atoms with Crippen molar-refractivity contribution >= 4 is 23.2 Å². The number of aromatic nitrogens is 1. The van der Waals surface area contributed by atoms with E-state index in [1.54, 1.807) is 35.6 Å². The van der Waals surface area contributed by atoms with Gasteiger partial charge in [0.25, 0.3) is 5.91 Å². The Morgan fingerprint density at radius 3 is 2.90 bits per heavy atom. The van der Waals surface area contributed by atoms with Crippen LogP contribution in [0.4, 0.5) is 0 Å². The van der Waals surface area contributed by atoms with Gasteiger partial charge in [-0.1, -0.05) is 12.5 Å². The van der Waals surface area contributed by atoms with Gasteiger partial charge in [-0.05, 0) is 43.9 Å². The minimum absolute atomic E-state index is 0.0210. The number of benzene rings is 1. The standard InChI is InChI=1S/C23H26N4O2S/c24-13-16-4-1-7-18(12-16)23(29)27-11-3-8-19(14-27)22-26-20(15-30-22)9-10-25-21(28)17-5-2-6-17/h1,4,7,12,15,17,19H,2-3,5-6,8-11,14H2,(H,25,28). The molecule has 1 unspecified atom stereocenters. The van der Waals surface area contributed by atoms with E-state index in [0.717, 1.165) is 55.8 Å². The summed E-state index contributed by atoms with van der Waals surface area (Å²) in [6.45, 7) is 2.02. The molecule has 1 aromatic carbocycles. The van der Waals surface area contributed by atoms with Gasteiger partial charge in [0.15, 0.2) is 0 Å². The van der Waals surface area contributed by atoms with Crippen LogP contribution in [-0.4, -0.2) is 41.3 Å². The number of amides is 2. The monoisotopic (exact) mass is 422 g/mol. The van der Waals surface area contributed by atoms with Crippen molar-refractivity contribution in [3.05, 3.63) is 51.5 Å². The van der Waals surface area contributed by atoms with Gasteiger partial charge in [0.2, 0.25) is 5.91 Å². The second kappa shape index (κ2) is 9.40. The van der Waals surface area contributed by atoms with E-state index in [2.05, 4.69) is 16.8 Å². The maximum atomic E-state index is 12.9. The third-order valence-corrected chi connectivity index (χ3v) is 7.08. The number of thiazole rings is 1. The van der Waals surface area contributed by atoms with Gasteiger partial charge < -0.3 is 10.2 Å². The van der Waals surface area contributed by atoms with Crippen LogP contribution in [0.15, 0.2) is 29.6 Å². The van der Waals surface area contributed by atoms with E-state index in [1.165, 1.54) is 0 Å². The molecule has 4 rings (SSSR count). The number of piperidine rings is 1. The largest absolute Gasteiger partial charge is 0.355 e. The summed E-state index contributed by atoms with van der Waals surface area (Å²) in [5.74, 6) is 0.617. The van der Waals surface area contributed by atoms with Crippen LogP contribution in [0.1, 0.15) is 64.6 Å². The van der Waals surface area contributed by atoms with Crippen LogP contribution >= 0.6 is 11.3 Å². The highest BCUT2D eigenvalue weighted by molar-refractivity contribution is 7.09. The van der Waals surface area contributed by atoms with Gasteiger partial charge >= 0.3 is 0 Å². The van der Waals surface area contributed by atoms with Gasteiger partial charge in [0.05, 0.1) is 22.3 Å². The highest BCUT2D eigenvalue weighted by Crippen LogP contribution is 2.30. The Morgan fingerprint density at radius 2 is 2.13 bits per heavy atom. The van der Waals surface area contributed by atoms with E-state index in [9.17, 15) is 9.59 Å². The number of likely N-dealkylation sites (tertiary alicyclic amines) is 1. The maximum absolute atomic E-state index is 12.9. The third kappa shape index (κ3) is 4.71. The number of rotatable bonds is 6. The number of hydrogen-bond acceptors (Lipinski definition) is 5. The van der Waals surface area contributed by atoms with Crippen molar-refractivity contribution in [2.75, 3.05) is 19.6 Å². The van der Waals surface area contributed by atoms with Crippen LogP contribution < -0.4 is 5.32 Å². The Balaban J connectivity index is 1.32. The van der Waals surface area contributed by atoms with Gasteiger partial charge in [0, 0.05) is 48.8 Å². The molecule has 156 valence electrons. The lowest BCUT2D eigenvalue weighted by atomic mass is 9.85. The number of hydrogen-bond donors (Lipinski definition) is 1. The Morgan fingerprint density at radius 1 is 1.27 bits per heavy atom. The van der Waals surface area contributed by atoms with Crippen LogP contribution in [0.2, 0.25) is 0 Å². The van der Waals surface area contributed by atoms with E-state index in [4.69, 9.17) is 10.2 Å². The fraction of sp³-hybridized carbons (Fsp3) is 0.478. The molecule has 1 aromatic heterocycles. The molecule has 1 saturated heterocycles. The minimum Gasteiger partial charge on any atom is -0.355 e. The summed E-state index contributed by atoms with van der Waals surface area (Å²) in [4.78, 5) is 31.5. The first-order valence-corrected chi connectivity index (χ1v) is 11.5. The number of nitriles is 1. The summed E-state index contributed by atoms with van der Waals surface area (Å²) in [6.07, 6.45) is 5.91. The molecule has 2 heterocycles. The molecule has 2 aromatic rings. The van der Waals surface area contributed by atoms with Crippen LogP contribution in [0.3, 0.4) is 0 Å². The molecule has 1 atom stereocenters. The lowest BCUT2D eigenvalue weighted by molar-refractivity contribution is -0.127. The Bertz CT molecular complexity index is 960. The highest BCUT2D eigenvalue weighted by atomic mass is 32.1. The molecule has 0 radical (unpaired) electrons. The molecular weight excluding hydrogens is 396 g/mol. The van der Waals surface area contributed by atoms with Gasteiger partial charge in [-0.15, -0.1) is 11.3 Å². The minimum atomic E-state index is -0.0210. The fourth-order valence-electron chi connectivity index (χ4n) is 4.02. The van der Waals surface area contributed by atoms with E-state index in [1.807, 2.05) is 4.90 Å². The fourth-order valence-corrected chi connectivity index (χ4v) is 5.00. The zero-order valence-corrected chi connectivity index (χ0v) is 17.8. The lowest BCUT2D eigenvalue weighted by Crippen LogP contribution is -2.39. The number of carbonyl (C=O) groups is 2. The van der Waals surface area contributed by atoms with Crippen molar-refractivity contribution in [3.8, 4) is 6.07 Å². The molecule has 1 aliphatic carbocycles. The van der Waals surface area contributed by atoms with Crippen LogP contribution in [-0.2, 0) is 11.2 Å². The number of carbonyl (C=O) groups excluding carboxylic acids is 2. The zero-order chi connectivity index (χ0) is 20.9. The van der Waals surface area contributed by atoms with E-state index in [0.29, 0.717) is 24.2 Å². The summed E-state index contributed by atoms with van der Waals surface area (Å²) >= 11 is 1.65. The Kier molecular flexibility index (Phi) is 6.44. The topological polar surface area (TPSA) is 86.1 Å². The number of nitrogens with one attached hydrogen (secondary N) is 1. The van der Waals surface area contributed by atoms with Gasteiger partial charge in [-0.3, -0.25) is 9.59 Å². The summed E-state index contributed by atoms with van der Waals surface area (Å²) in [7, 11) is 0. The molecule has 6 nitrogen and oxygen atoms in total. The summed E-state index contributed by atoms with van der Waals surface area (Å²) in [5, 5.41) is 15.2. The van der Waals surface area contributed by atoms with Crippen molar-refractivity contribution in [2.24, 2.45) is 5.92 Å². The second-order valence-electron chi connectivity index (χ2n) is 8.13. The average Bonchev–Trinajstić information content (AvgIpc) is 3.21. The first kappa shape index (κ1) is 20.5. The van der Waals surface area contributed by atoms with E-state index >= 15 is 0 Å². The quantitative estimate of drug-likeness (QED) is 0.772. The second-order valence-corrected chi connectivity index (χ2v) is 9.02. The molecule has 7 heteroatoms. The SMILES string of the molecule is N#Cc1cccc(C(=O)N2CCCC(c3nc(CCNC(=O)C4CCC4)cs3)C2)c1. The van der Waals surface area contributed by atoms with Gasteiger partial charge in [-0.25, -0.2) is 4.98 Å². The summed E-state index contributed by atoms with van der Waals surface area (Å²) < 4.78 is 0. The Hall–Kier alpha value is -2.72. The van der Waals surface area contributed by atoms with Crippen molar-refractivity contribution in [1.29, 1.82) is 5.26 Å². The van der Waals surface area contributed by atoms with Gasteiger partial charge in [-0.2, -0.15) is 5.26 Å². The van der Waals surface area contributed by atoms with Crippen LogP contribution in [0.25, 0.3) is 0 Å². The molecule has 1 aliphatic heterocycles. The molecule has 30 heavy (non-hydrogen) atoms. The summed E-state index contributed by atoms with van der Waals surface area (Å²) in [5.41, 5.74) is 2.08.